The molecule has 0 atom stereocenters. The summed E-state index contributed by atoms with van der Waals surface area (Å²) in [6.45, 7) is 0.717. The highest BCUT2D eigenvalue weighted by Gasteiger charge is 2.34. The molecule has 11 heteroatoms. The highest BCUT2D eigenvalue weighted by atomic mass is 32.2. The zero-order chi connectivity index (χ0) is 27.4. The summed E-state index contributed by atoms with van der Waals surface area (Å²) < 4.78 is 42.5. The molecule has 1 saturated heterocycles. The molecule has 1 aliphatic heterocycles. The van der Waals surface area contributed by atoms with Gasteiger partial charge in [0, 0.05) is 54.5 Å². The largest absolute Gasteiger partial charge is 0.326 e. The molecule has 3 aromatic carbocycles. The number of non-ortho nitro benzene ring substituents is 1. The number of Topliss-reactive ketones (excluding diaryl/α,β-unsaturated/α-hetero) is 1. The number of nitro groups is 1. The van der Waals surface area contributed by atoms with Gasteiger partial charge in [-0.25, -0.2) is 12.8 Å². The molecule has 1 N–H and O–H groups in total. The first-order chi connectivity index (χ1) is 18.0. The Kier molecular flexibility index (Phi) is 7.60. The minimum atomic E-state index is -4.13. The summed E-state index contributed by atoms with van der Waals surface area (Å²) in [5.41, 5.74) is 0.788. The summed E-state index contributed by atoms with van der Waals surface area (Å²) in [6, 6.07) is 16.9. The zero-order valence-corrected chi connectivity index (χ0v) is 20.9. The van der Waals surface area contributed by atoms with Crippen molar-refractivity contribution in [3.63, 3.8) is 0 Å². The molecule has 9 nitrogen and oxygen atoms in total. The highest BCUT2D eigenvalue weighted by molar-refractivity contribution is 7.89. The molecule has 3 aromatic rings. The third-order valence-electron chi connectivity index (χ3n) is 5.75. The summed E-state index contributed by atoms with van der Waals surface area (Å²) >= 11 is 0. The predicted octanol–water partition coefficient (Wildman–Crippen LogP) is 4.43. The van der Waals surface area contributed by atoms with Crippen LogP contribution in [0.3, 0.4) is 0 Å². The van der Waals surface area contributed by atoms with Crippen molar-refractivity contribution in [1.82, 2.24) is 4.31 Å². The van der Waals surface area contributed by atoms with Gasteiger partial charge >= 0.3 is 0 Å². The first-order valence-corrected chi connectivity index (χ1v) is 12.8. The van der Waals surface area contributed by atoms with Crippen LogP contribution in [0.4, 0.5) is 15.8 Å². The fraction of sp³-hybridized carbons (Fsp3) is 0.111. The lowest BCUT2D eigenvalue weighted by atomic mass is 9.95. The number of rotatable bonds is 6. The van der Waals surface area contributed by atoms with Gasteiger partial charge < -0.3 is 5.32 Å². The van der Waals surface area contributed by atoms with Gasteiger partial charge in [-0.3, -0.25) is 19.7 Å². The van der Waals surface area contributed by atoms with E-state index in [4.69, 9.17) is 0 Å². The van der Waals surface area contributed by atoms with Crippen molar-refractivity contribution >= 4 is 45.2 Å². The predicted molar refractivity (Wildman–Crippen MR) is 140 cm³/mol. The van der Waals surface area contributed by atoms with Crippen LogP contribution in [0.2, 0.25) is 0 Å². The number of halogens is 1. The van der Waals surface area contributed by atoms with Crippen LogP contribution < -0.4 is 5.32 Å². The van der Waals surface area contributed by atoms with Gasteiger partial charge in [0.05, 0.1) is 9.82 Å². The molecule has 0 aliphatic carbocycles. The molecule has 0 unspecified atom stereocenters. The molecule has 0 aromatic heterocycles. The molecule has 0 radical (unpaired) electrons. The second-order valence-electron chi connectivity index (χ2n) is 8.52. The summed E-state index contributed by atoms with van der Waals surface area (Å²) in [5, 5.41) is 13.7. The maximum absolute atomic E-state index is 14.4. The van der Waals surface area contributed by atoms with Crippen molar-refractivity contribution in [2.24, 2.45) is 0 Å². The molecule has 1 heterocycles. The molecular weight excluding hydrogens is 513 g/mol. The average Bonchev–Trinajstić information content (AvgIpc) is 2.87. The Morgan fingerprint density at radius 2 is 1.66 bits per heavy atom. The van der Waals surface area contributed by atoms with Gasteiger partial charge in [-0.2, -0.15) is 4.31 Å². The summed E-state index contributed by atoms with van der Waals surface area (Å²) in [4.78, 5) is 35.2. The minimum Gasteiger partial charge on any atom is -0.326 e. The number of sulfonamides is 1. The smallest absolute Gasteiger partial charge is 0.270 e. The molecule has 0 saturated carbocycles. The Bertz CT molecular complexity index is 1600. The first-order valence-electron chi connectivity index (χ1n) is 11.4. The van der Waals surface area contributed by atoms with Crippen LogP contribution in [0, 0.1) is 15.9 Å². The third kappa shape index (κ3) is 5.90. The number of anilines is 1. The lowest BCUT2D eigenvalue weighted by molar-refractivity contribution is -0.384. The van der Waals surface area contributed by atoms with Gasteiger partial charge in [0.1, 0.15) is 5.82 Å². The maximum atomic E-state index is 14.4. The summed E-state index contributed by atoms with van der Waals surface area (Å²) in [5.74, 6) is -1.38. The Morgan fingerprint density at radius 3 is 2.29 bits per heavy atom. The summed E-state index contributed by atoms with van der Waals surface area (Å²) in [7, 11) is -4.13. The van der Waals surface area contributed by atoms with E-state index < -0.39 is 26.5 Å². The Morgan fingerprint density at radius 1 is 1.00 bits per heavy atom. The van der Waals surface area contributed by atoms with Crippen LogP contribution in [0.5, 0.6) is 0 Å². The minimum absolute atomic E-state index is 0.0384. The standard InChI is InChI=1S/C27H22FN3O6S/c1-18(32)29-23-9-11-25(12-10-23)38(36,37)30-16-21(13-19-5-4-7-24(14-19)31(34)35)27(33)22(17-30)15-20-6-2-3-8-26(20)28/h2-15H,16-17H2,1H3,(H,29,32). The second kappa shape index (κ2) is 10.9. The number of carbonyl (C=O) groups excluding carboxylic acids is 2. The highest BCUT2D eigenvalue weighted by Crippen LogP contribution is 2.28. The molecule has 1 fully saturated rings. The van der Waals surface area contributed by atoms with Crippen LogP contribution in [-0.4, -0.2) is 42.4 Å². The first kappa shape index (κ1) is 26.6. The second-order valence-corrected chi connectivity index (χ2v) is 10.5. The van der Waals surface area contributed by atoms with E-state index in [1.807, 2.05) is 0 Å². The van der Waals surface area contributed by atoms with Crippen molar-refractivity contribution in [3.8, 4) is 0 Å². The van der Waals surface area contributed by atoms with Gasteiger partial charge in [0.15, 0.2) is 5.78 Å². The molecular formula is C27H22FN3O6S. The lowest BCUT2D eigenvalue weighted by Gasteiger charge is -2.29. The maximum Gasteiger partial charge on any atom is 0.270 e. The van der Waals surface area contributed by atoms with Crippen LogP contribution in [0.1, 0.15) is 18.1 Å². The molecule has 38 heavy (non-hydrogen) atoms. The van der Waals surface area contributed by atoms with E-state index in [-0.39, 0.29) is 46.3 Å². The van der Waals surface area contributed by atoms with Crippen LogP contribution in [0.25, 0.3) is 12.2 Å². The Hall–Kier alpha value is -4.48. The van der Waals surface area contributed by atoms with Crippen molar-refractivity contribution < 1.29 is 27.3 Å². The fourth-order valence-corrected chi connectivity index (χ4v) is 5.35. The number of nitrogens with one attached hydrogen (secondary N) is 1. The topological polar surface area (TPSA) is 127 Å². The van der Waals surface area contributed by atoms with Gasteiger partial charge in [0.25, 0.3) is 5.69 Å². The van der Waals surface area contributed by atoms with Gasteiger partial charge in [-0.05, 0) is 48.0 Å². The van der Waals surface area contributed by atoms with Crippen molar-refractivity contribution in [1.29, 1.82) is 0 Å². The van der Waals surface area contributed by atoms with Gasteiger partial charge in [0.2, 0.25) is 15.9 Å². The molecule has 1 aliphatic rings. The normalized spacial score (nSPS) is 16.5. The number of nitrogens with zero attached hydrogens (tertiary/aromatic N) is 2. The monoisotopic (exact) mass is 535 g/mol. The van der Waals surface area contributed by atoms with E-state index in [1.165, 1.54) is 79.7 Å². The number of benzene rings is 3. The number of hydrogen-bond acceptors (Lipinski definition) is 6. The van der Waals surface area contributed by atoms with E-state index in [1.54, 1.807) is 12.1 Å². The Balaban J connectivity index is 1.77. The van der Waals surface area contributed by atoms with E-state index in [0.29, 0.717) is 11.3 Å². The SMILES string of the molecule is CC(=O)Nc1ccc(S(=O)(=O)N2CC(=Cc3cccc([N+](=O)[O-])c3)C(=O)C(=Cc3ccccc3F)C2)cc1. The van der Waals surface area contributed by atoms with Gasteiger partial charge in [-0.15, -0.1) is 0 Å². The third-order valence-corrected chi connectivity index (χ3v) is 7.55. The van der Waals surface area contributed by atoms with E-state index in [9.17, 15) is 32.5 Å². The molecule has 194 valence electrons. The molecule has 1 amide bonds. The van der Waals surface area contributed by atoms with Gasteiger partial charge in [-0.1, -0.05) is 30.3 Å². The quantitative estimate of drug-likeness (QED) is 0.283. The number of nitro benzene ring substituents is 1. The molecule has 4 rings (SSSR count). The number of ketones is 1. The number of amides is 1. The molecule has 0 bridgehead atoms. The van der Waals surface area contributed by atoms with E-state index >= 15 is 0 Å². The zero-order valence-electron chi connectivity index (χ0n) is 20.1. The van der Waals surface area contributed by atoms with Crippen LogP contribution in [0.15, 0.2) is 88.8 Å². The van der Waals surface area contributed by atoms with E-state index in [2.05, 4.69) is 5.32 Å². The van der Waals surface area contributed by atoms with Crippen molar-refractivity contribution in [2.75, 3.05) is 18.4 Å². The number of piperidine rings is 1. The van der Waals surface area contributed by atoms with Crippen molar-refractivity contribution in [3.05, 3.63) is 111 Å². The molecule has 0 spiro atoms. The van der Waals surface area contributed by atoms with Crippen LogP contribution in [-0.2, 0) is 19.6 Å². The fourth-order valence-electron chi connectivity index (χ4n) is 3.95. The summed E-state index contributed by atoms with van der Waals surface area (Å²) in [6.07, 6.45) is 2.70. The Labute approximate surface area is 218 Å². The average molecular weight is 536 g/mol. The van der Waals surface area contributed by atoms with Crippen LogP contribution >= 0.6 is 0 Å². The van der Waals surface area contributed by atoms with Crippen molar-refractivity contribution in [2.45, 2.75) is 11.8 Å². The van der Waals surface area contributed by atoms with E-state index in [0.717, 1.165) is 4.31 Å². The number of hydrogen-bond donors (Lipinski definition) is 1. The lowest BCUT2D eigenvalue weighted by Crippen LogP contribution is -2.41. The number of carbonyl (C=O) groups is 2.